The van der Waals surface area contributed by atoms with Crippen molar-refractivity contribution in [1.82, 2.24) is 14.8 Å². The molecule has 0 radical (unpaired) electrons. The van der Waals surface area contributed by atoms with Gasteiger partial charge in [0.25, 0.3) is 5.89 Å². The van der Waals surface area contributed by atoms with Gasteiger partial charge in [0.05, 0.1) is 12.1 Å². The molecule has 0 aromatic carbocycles. The topological polar surface area (TPSA) is 60.9 Å². The van der Waals surface area contributed by atoms with Gasteiger partial charge in [-0.05, 0) is 12.1 Å². The third-order valence-corrected chi connectivity index (χ3v) is 3.70. The van der Waals surface area contributed by atoms with Crippen molar-refractivity contribution in [3.05, 3.63) is 53.4 Å². The summed E-state index contributed by atoms with van der Waals surface area (Å²) in [6.07, 6.45) is 0.226. The van der Waals surface area contributed by atoms with Gasteiger partial charge >= 0.3 is 11.8 Å². The van der Waals surface area contributed by atoms with E-state index in [4.69, 9.17) is 4.42 Å². The first-order valence-electron chi connectivity index (χ1n) is 6.49. The fourth-order valence-corrected chi connectivity index (χ4v) is 2.38. The third kappa shape index (κ3) is 4.35. The number of hydrogen-bond donors (Lipinski definition) is 0. The summed E-state index contributed by atoms with van der Waals surface area (Å²) in [5, 5.41) is 4.49. The van der Waals surface area contributed by atoms with Crippen LogP contribution in [-0.2, 0) is 6.54 Å². The van der Waals surface area contributed by atoms with E-state index in [0.717, 1.165) is 4.68 Å². The second-order valence-electron chi connectivity index (χ2n) is 4.27. The van der Waals surface area contributed by atoms with Gasteiger partial charge in [-0.1, -0.05) is 6.08 Å². The lowest BCUT2D eigenvalue weighted by Crippen LogP contribution is -2.16. The highest BCUT2D eigenvalue weighted by atomic mass is 32.2. The lowest BCUT2D eigenvalue weighted by Gasteiger charge is -2.02. The van der Waals surface area contributed by atoms with E-state index in [1.54, 1.807) is 24.4 Å². The maximum atomic E-state index is 12.8. The largest absolute Gasteiger partial charge is 0.437 e. The number of aryl methyl sites for hydroxylation is 1. The second-order valence-corrected chi connectivity index (χ2v) is 5.28. The van der Waals surface area contributed by atoms with Crippen LogP contribution in [0.5, 0.6) is 0 Å². The van der Waals surface area contributed by atoms with Gasteiger partial charge in [-0.3, -0.25) is 0 Å². The van der Waals surface area contributed by atoms with Gasteiger partial charge in [0.2, 0.25) is 0 Å². The fraction of sp³-hybridized carbons (Fsp3) is 0.214. The van der Waals surface area contributed by atoms with E-state index in [2.05, 4.69) is 16.7 Å². The molecule has 0 saturated carbocycles. The molecule has 9 heteroatoms. The van der Waals surface area contributed by atoms with Crippen LogP contribution >= 0.6 is 11.8 Å². The molecule has 0 aliphatic carbocycles. The Morgan fingerprint density at radius 2 is 2.22 bits per heavy atom. The zero-order valence-electron chi connectivity index (χ0n) is 11.8. The molecular formula is C14H12F3N3O2S. The summed E-state index contributed by atoms with van der Waals surface area (Å²) in [6.45, 7) is 3.26. The molecule has 0 spiro atoms. The smallest absolute Gasteiger partial charge is 0.387 e. The Kier molecular flexibility index (Phi) is 5.80. The normalized spacial score (nSPS) is 10.6. The van der Waals surface area contributed by atoms with Crippen molar-refractivity contribution in [2.45, 2.75) is 18.0 Å². The van der Waals surface area contributed by atoms with E-state index < -0.39 is 24.1 Å². The quantitative estimate of drug-likeness (QED) is 0.567. The fourth-order valence-electron chi connectivity index (χ4n) is 1.66. The van der Waals surface area contributed by atoms with E-state index in [1.165, 1.54) is 11.8 Å². The highest BCUT2D eigenvalue weighted by Crippen LogP contribution is 2.27. The lowest BCUT2D eigenvalue weighted by molar-refractivity contribution is 0.361. The summed E-state index contributed by atoms with van der Waals surface area (Å²) >= 11 is 1.37. The lowest BCUT2D eigenvalue weighted by atomic mass is 10.3. The zero-order chi connectivity index (χ0) is 16.8. The van der Waals surface area contributed by atoms with Crippen molar-refractivity contribution in [1.29, 1.82) is 0 Å². The maximum absolute atomic E-state index is 12.8. The molecule has 2 rings (SSSR count). The average Bonchev–Trinajstić information content (AvgIpc) is 2.91. The van der Waals surface area contributed by atoms with E-state index in [9.17, 15) is 18.0 Å². The first-order chi connectivity index (χ1) is 11.0. The minimum absolute atomic E-state index is 0.000213. The number of aromatic nitrogens is 3. The molecule has 122 valence electrons. The van der Waals surface area contributed by atoms with E-state index in [0.29, 0.717) is 16.3 Å². The Labute approximate surface area is 133 Å². The Balaban J connectivity index is 2.26. The van der Waals surface area contributed by atoms with Crippen molar-refractivity contribution in [3.8, 4) is 11.5 Å². The van der Waals surface area contributed by atoms with E-state index >= 15 is 0 Å². The van der Waals surface area contributed by atoms with Gasteiger partial charge in [0.15, 0.2) is 5.83 Å². The maximum Gasteiger partial charge on any atom is 0.437 e. The highest BCUT2D eigenvalue weighted by Gasteiger charge is 2.16. The van der Waals surface area contributed by atoms with Crippen LogP contribution in [-0.4, -0.2) is 20.5 Å². The van der Waals surface area contributed by atoms with Crippen molar-refractivity contribution in [2.24, 2.45) is 0 Å². The minimum atomic E-state index is -2.41. The highest BCUT2D eigenvalue weighted by molar-refractivity contribution is 7.99. The molecule has 5 nitrogen and oxygen atoms in total. The predicted molar refractivity (Wildman–Crippen MR) is 79.9 cm³/mol. The molecule has 2 aromatic heterocycles. The van der Waals surface area contributed by atoms with Crippen molar-refractivity contribution in [3.63, 3.8) is 0 Å². The van der Waals surface area contributed by atoms with Crippen molar-refractivity contribution in [2.75, 3.05) is 5.75 Å². The van der Waals surface area contributed by atoms with Crippen LogP contribution in [0.15, 0.2) is 57.1 Å². The van der Waals surface area contributed by atoms with Crippen LogP contribution in [0.3, 0.4) is 0 Å². The number of rotatable bonds is 7. The summed E-state index contributed by atoms with van der Waals surface area (Å²) in [5.74, 6) is -1.83. The van der Waals surface area contributed by atoms with Gasteiger partial charge in [0, 0.05) is 18.4 Å². The SMILES string of the molecule is C=CCSc1ncccc1-c1nn(CCC(F)=C(F)F)c(=O)o1. The summed E-state index contributed by atoms with van der Waals surface area (Å²) in [6, 6.07) is 3.31. The van der Waals surface area contributed by atoms with Gasteiger partial charge < -0.3 is 4.42 Å². The van der Waals surface area contributed by atoms with E-state index in [1.807, 2.05) is 0 Å². The number of pyridine rings is 1. The van der Waals surface area contributed by atoms with Crippen molar-refractivity contribution < 1.29 is 17.6 Å². The number of hydrogen-bond acceptors (Lipinski definition) is 5. The molecule has 0 bridgehead atoms. The standard InChI is InChI=1S/C14H12F3N3O2S/c1-2-8-23-13-9(4-3-6-18-13)12-19-20(14(21)22-12)7-5-10(15)11(16)17/h2-4,6H,1,5,7-8H2. The van der Waals surface area contributed by atoms with Gasteiger partial charge in [-0.15, -0.1) is 23.4 Å². The molecule has 0 atom stereocenters. The molecule has 0 aliphatic heterocycles. The molecule has 2 heterocycles. The molecule has 0 N–H and O–H groups in total. The van der Waals surface area contributed by atoms with Crippen LogP contribution in [0, 0.1) is 0 Å². The monoisotopic (exact) mass is 343 g/mol. The Bertz CT molecular complexity index is 782. The molecule has 2 aromatic rings. The van der Waals surface area contributed by atoms with Crippen LogP contribution < -0.4 is 5.76 Å². The minimum Gasteiger partial charge on any atom is -0.387 e. The first kappa shape index (κ1) is 17.1. The average molecular weight is 343 g/mol. The van der Waals surface area contributed by atoms with Crippen LogP contribution in [0.4, 0.5) is 13.2 Å². The summed E-state index contributed by atoms with van der Waals surface area (Å²) in [5.41, 5.74) is 0.489. The van der Waals surface area contributed by atoms with Crippen molar-refractivity contribution >= 4 is 11.8 Å². The van der Waals surface area contributed by atoms with E-state index in [-0.39, 0.29) is 12.4 Å². The van der Waals surface area contributed by atoms with Gasteiger partial charge in [0.1, 0.15) is 5.03 Å². The predicted octanol–water partition coefficient (Wildman–Crippen LogP) is 3.64. The molecule has 0 unspecified atom stereocenters. The van der Waals surface area contributed by atoms with Gasteiger partial charge in [-0.2, -0.15) is 13.5 Å². The molecule has 23 heavy (non-hydrogen) atoms. The van der Waals surface area contributed by atoms with Crippen LogP contribution in [0.25, 0.3) is 11.5 Å². The van der Waals surface area contributed by atoms with Crippen LogP contribution in [0.1, 0.15) is 6.42 Å². The second kappa shape index (κ2) is 7.82. The molecule has 0 saturated heterocycles. The summed E-state index contributed by atoms with van der Waals surface area (Å²) in [7, 11) is 0. The molecular weight excluding hydrogens is 331 g/mol. The van der Waals surface area contributed by atoms with Crippen LogP contribution in [0.2, 0.25) is 0 Å². The number of nitrogens with zero attached hydrogens (tertiary/aromatic N) is 3. The Hall–Kier alpha value is -2.29. The zero-order valence-corrected chi connectivity index (χ0v) is 12.7. The molecule has 0 amide bonds. The molecule has 0 aliphatic rings. The Morgan fingerprint density at radius 3 is 2.91 bits per heavy atom. The number of allylic oxidation sites excluding steroid dienone is 1. The summed E-state index contributed by atoms with van der Waals surface area (Å²) in [4.78, 5) is 15.9. The third-order valence-electron chi connectivity index (χ3n) is 2.69. The molecule has 0 fully saturated rings. The number of thioether (sulfide) groups is 1. The Morgan fingerprint density at radius 1 is 1.43 bits per heavy atom. The number of halogens is 3. The first-order valence-corrected chi connectivity index (χ1v) is 7.48. The van der Waals surface area contributed by atoms with Gasteiger partial charge in [-0.25, -0.2) is 14.2 Å². The summed E-state index contributed by atoms with van der Waals surface area (Å²) < 4.78 is 42.7.